The normalized spacial score (nSPS) is 17.2. The van der Waals surface area contributed by atoms with Crippen molar-refractivity contribution in [3.8, 4) is 5.75 Å². The number of hydrogen-bond donors (Lipinski definition) is 1. The maximum atomic E-state index is 6.24. The Hall–Kier alpha value is -0.730. The van der Waals surface area contributed by atoms with Crippen LogP contribution < -0.4 is 10.5 Å². The van der Waals surface area contributed by atoms with Gasteiger partial charge in [-0.1, -0.05) is 17.7 Å². The molecule has 2 N–H and O–H groups in total. The Labute approximate surface area is 102 Å². The lowest BCUT2D eigenvalue weighted by Crippen LogP contribution is -2.17. The quantitative estimate of drug-likeness (QED) is 0.861. The van der Waals surface area contributed by atoms with Crippen LogP contribution >= 0.6 is 11.6 Å². The minimum atomic E-state index is 0.167. The Bertz CT molecular complexity index is 376. The molecule has 0 amide bonds. The van der Waals surface area contributed by atoms with Crippen LogP contribution in [0.25, 0.3) is 0 Å². The first-order valence-electron chi connectivity index (χ1n) is 5.86. The van der Waals surface area contributed by atoms with Crippen LogP contribution in [0.4, 0.5) is 0 Å². The third-order valence-corrected chi connectivity index (χ3v) is 3.11. The molecule has 0 aromatic heterocycles. The minimum Gasteiger partial charge on any atom is -0.492 e. The molecule has 0 aliphatic carbocycles. The molecule has 0 radical (unpaired) electrons. The predicted octanol–water partition coefficient (Wildman–Crippen LogP) is 2.94. The van der Waals surface area contributed by atoms with Crippen LogP contribution in [-0.2, 0) is 12.8 Å². The molecule has 2 nitrogen and oxygen atoms in total. The summed E-state index contributed by atoms with van der Waals surface area (Å²) in [6, 6.07) is 4.34. The van der Waals surface area contributed by atoms with Crippen molar-refractivity contribution in [2.75, 3.05) is 6.61 Å². The molecule has 1 unspecified atom stereocenters. The molecule has 1 heterocycles. The number of benzene rings is 1. The Balaban J connectivity index is 2.32. The Kier molecular flexibility index (Phi) is 3.72. The van der Waals surface area contributed by atoms with Crippen LogP contribution in [0.2, 0.25) is 5.02 Å². The Morgan fingerprint density at radius 1 is 1.44 bits per heavy atom. The zero-order valence-electron chi connectivity index (χ0n) is 9.63. The van der Waals surface area contributed by atoms with Crippen LogP contribution in [0.3, 0.4) is 0 Å². The van der Waals surface area contributed by atoms with Gasteiger partial charge in [-0.3, -0.25) is 0 Å². The van der Waals surface area contributed by atoms with E-state index in [1.165, 1.54) is 17.5 Å². The number of halogens is 1. The number of aryl methyl sites for hydroxylation is 1. The number of rotatable bonds is 2. The van der Waals surface area contributed by atoms with Gasteiger partial charge in [0.2, 0.25) is 0 Å². The van der Waals surface area contributed by atoms with Crippen LogP contribution in [0, 0.1) is 0 Å². The van der Waals surface area contributed by atoms with Crippen LogP contribution in [0.15, 0.2) is 12.1 Å². The first kappa shape index (κ1) is 11.7. The summed E-state index contributed by atoms with van der Waals surface area (Å²) in [5.74, 6) is 0.882. The van der Waals surface area contributed by atoms with Crippen molar-refractivity contribution in [1.82, 2.24) is 0 Å². The number of ether oxygens (including phenoxy) is 1. The van der Waals surface area contributed by atoms with Gasteiger partial charge in [-0.2, -0.15) is 0 Å². The molecular weight excluding hydrogens is 222 g/mol. The highest BCUT2D eigenvalue weighted by Gasteiger charge is 2.14. The monoisotopic (exact) mass is 239 g/mol. The number of fused-ring (bicyclic) bond motifs is 1. The van der Waals surface area contributed by atoms with Crippen molar-refractivity contribution in [1.29, 1.82) is 0 Å². The average Bonchev–Trinajstić information content (AvgIpc) is 2.41. The molecule has 3 heteroatoms. The summed E-state index contributed by atoms with van der Waals surface area (Å²) < 4.78 is 5.68. The first-order valence-corrected chi connectivity index (χ1v) is 6.24. The minimum absolute atomic E-state index is 0.167. The van der Waals surface area contributed by atoms with E-state index >= 15 is 0 Å². The molecule has 0 saturated carbocycles. The fourth-order valence-electron chi connectivity index (χ4n) is 2.14. The standard InChI is InChI=1S/C13H18ClNO/c1-9(15)6-10-7-11-4-2-3-5-16-13(11)12(14)8-10/h7-9H,2-6,15H2,1H3. The van der Waals surface area contributed by atoms with E-state index in [-0.39, 0.29) is 6.04 Å². The van der Waals surface area contributed by atoms with Gasteiger partial charge in [0, 0.05) is 6.04 Å². The maximum absolute atomic E-state index is 6.24. The number of nitrogens with two attached hydrogens (primary N) is 1. The van der Waals surface area contributed by atoms with Gasteiger partial charge in [0.1, 0.15) is 5.75 Å². The zero-order valence-corrected chi connectivity index (χ0v) is 10.4. The predicted molar refractivity (Wildman–Crippen MR) is 67.2 cm³/mol. The highest BCUT2D eigenvalue weighted by molar-refractivity contribution is 6.32. The van der Waals surface area contributed by atoms with Gasteiger partial charge in [-0.15, -0.1) is 0 Å². The Morgan fingerprint density at radius 2 is 2.25 bits per heavy atom. The molecule has 1 aliphatic heterocycles. The van der Waals surface area contributed by atoms with Crippen molar-refractivity contribution in [2.24, 2.45) is 5.73 Å². The molecule has 0 bridgehead atoms. The summed E-state index contributed by atoms with van der Waals surface area (Å²) in [6.45, 7) is 2.79. The average molecular weight is 240 g/mol. The lowest BCUT2D eigenvalue weighted by molar-refractivity contribution is 0.317. The van der Waals surface area contributed by atoms with Crippen LogP contribution in [0.5, 0.6) is 5.75 Å². The topological polar surface area (TPSA) is 35.2 Å². The summed E-state index contributed by atoms with van der Waals surface area (Å²) in [5.41, 5.74) is 8.26. The molecular formula is C13H18ClNO. The van der Waals surface area contributed by atoms with E-state index in [0.717, 1.165) is 36.6 Å². The third kappa shape index (κ3) is 2.69. The molecule has 16 heavy (non-hydrogen) atoms. The van der Waals surface area contributed by atoms with Crippen molar-refractivity contribution < 1.29 is 4.74 Å². The summed E-state index contributed by atoms with van der Waals surface area (Å²) in [7, 11) is 0. The summed E-state index contributed by atoms with van der Waals surface area (Å²) >= 11 is 6.24. The van der Waals surface area contributed by atoms with Crippen molar-refractivity contribution in [3.05, 3.63) is 28.3 Å². The van der Waals surface area contributed by atoms with E-state index < -0.39 is 0 Å². The van der Waals surface area contributed by atoms with E-state index in [4.69, 9.17) is 22.1 Å². The molecule has 88 valence electrons. The second kappa shape index (κ2) is 5.07. The van der Waals surface area contributed by atoms with E-state index in [9.17, 15) is 0 Å². The fourth-order valence-corrected chi connectivity index (χ4v) is 2.46. The van der Waals surface area contributed by atoms with Crippen molar-refractivity contribution in [2.45, 2.75) is 38.6 Å². The lowest BCUT2D eigenvalue weighted by atomic mass is 10.0. The smallest absolute Gasteiger partial charge is 0.141 e. The molecule has 0 saturated heterocycles. The van der Waals surface area contributed by atoms with Crippen molar-refractivity contribution >= 4 is 11.6 Å². The molecule has 0 spiro atoms. The molecule has 1 atom stereocenters. The molecule has 1 aliphatic rings. The van der Waals surface area contributed by atoms with Gasteiger partial charge in [0.25, 0.3) is 0 Å². The van der Waals surface area contributed by atoms with Gasteiger partial charge in [0.15, 0.2) is 0 Å². The molecule has 2 rings (SSSR count). The van der Waals surface area contributed by atoms with E-state index in [1.54, 1.807) is 0 Å². The number of hydrogen-bond acceptors (Lipinski definition) is 2. The molecule has 1 aromatic carbocycles. The van der Waals surface area contributed by atoms with E-state index in [1.807, 2.05) is 13.0 Å². The molecule has 1 aromatic rings. The maximum Gasteiger partial charge on any atom is 0.141 e. The first-order chi connectivity index (χ1) is 7.66. The fraction of sp³-hybridized carbons (Fsp3) is 0.538. The lowest BCUT2D eigenvalue weighted by Gasteiger charge is -2.13. The summed E-state index contributed by atoms with van der Waals surface area (Å²) in [5, 5.41) is 0.732. The van der Waals surface area contributed by atoms with Gasteiger partial charge in [-0.05, 0) is 49.8 Å². The Morgan fingerprint density at radius 3 is 3.00 bits per heavy atom. The van der Waals surface area contributed by atoms with Gasteiger partial charge in [-0.25, -0.2) is 0 Å². The highest BCUT2D eigenvalue weighted by atomic mass is 35.5. The van der Waals surface area contributed by atoms with E-state index in [2.05, 4.69) is 6.07 Å². The van der Waals surface area contributed by atoms with Gasteiger partial charge >= 0.3 is 0 Å². The zero-order chi connectivity index (χ0) is 11.5. The second-order valence-corrected chi connectivity index (χ2v) is 4.96. The SMILES string of the molecule is CC(N)Cc1cc(Cl)c2c(c1)CCCCO2. The second-order valence-electron chi connectivity index (χ2n) is 4.55. The largest absolute Gasteiger partial charge is 0.492 e. The summed E-state index contributed by atoms with van der Waals surface area (Å²) in [4.78, 5) is 0. The van der Waals surface area contributed by atoms with Crippen LogP contribution in [0.1, 0.15) is 30.9 Å². The van der Waals surface area contributed by atoms with Gasteiger partial charge in [0.05, 0.1) is 11.6 Å². The van der Waals surface area contributed by atoms with Crippen LogP contribution in [-0.4, -0.2) is 12.6 Å². The molecule has 0 fully saturated rings. The third-order valence-electron chi connectivity index (χ3n) is 2.82. The van der Waals surface area contributed by atoms with Crippen molar-refractivity contribution in [3.63, 3.8) is 0 Å². The van der Waals surface area contributed by atoms with E-state index in [0.29, 0.717) is 0 Å². The highest BCUT2D eigenvalue weighted by Crippen LogP contribution is 2.33. The van der Waals surface area contributed by atoms with Gasteiger partial charge < -0.3 is 10.5 Å². The summed E-state index contributed by atoms with van der Waals surface area (Å²) in [6.07, 6.45) is 4.20.